The lowest BCUT2D eigenvalue weighted by Crippen LogP contribution is -2.44. The summed E-state index contributed by atoms with van der Waals surface area (Å²) in [6.07, 6.45) is 5.46. The standard InChI is InChI=1S/C18H28O/c1-5-14-9-8-10-15(13-14)18(19)12-7-6-11-16(18)17(2,3)4/h8-10,13,16,19H,5-7,11-12H2,1-4H3. The number of rotatable bonds is 2. The second kappa shape index (κ2) is 5.28. The Morgan fingerprint density at radius 3 is 2.63 bits per heavy atom. The molecule has 2 unspecified atom stereocenters. The van der Waals surface area contributed by atoms with Crippen molar-refractivity contribution in [2.75, 3.05) is 0 Å². The maximum absolute atomic E-state index is 11.4. The lowest BCUT2D eigenvalue weighted by Gasteiger charge is -2.47. The maximum Gasteiger partial charge on any atom is 0.0929 e. The summed E-state index contributed by atoms with van der Waals surface area (Å²) < 4.78 is 0. The smallest absolute Gasteiger partial charge is 0.0929 e. The van der Waals surface area contributed by atoms with Gasteiger partial charge in [0.2, 0.25) is 0 Å². The van der Waals surface area contributed by atoms with Gasteiger partial charge < -0.3 is 5.11 Å². The van der Waals surface area contributed by atoms with Gasteiger partial charge in [0, 0.05) is 0 Å². The molecule has 1 saturated carbocycles. The van der Waals surface area contributed by atoms with Crippen LogP contribution in [0.1, 0.15) is 64.5 Å². The fraction of sp³-hybridized carbons (Fsp3) is 0.667. The van der Waals surface area contributed by atoms with E-state index in [-0.39, 0.29) is 5.41 Å². The number of hydrogen-bond donors (Lipinski definition) is 1. The summed E-state index contributed by atoms with van der Waals surface area (Å²) in [7, 11) is 0. The van der Waals surface area contributed by atoms with Crippen LogP contribution in [0.25, 0.3) is 0 Å². The Morgan fingerprint density at radius 1 is 1.26 bits per heavy atom. The van der Waals surface area contributed by atoms with Crippen LogP contribution >= 0.6 is 0 Å². The van der Waals surface area contributed by atoms with Gasteiger partial charge in [-0.15, -0.1) is 0 Å². The number of aliphatic hydroxyl groups is 1. The summed E-state index contributed by atoms with van der Waals surface area (Å²) in [5.74, 6) is 0.348. The molecule has 1 aliphatic rings. The van der Waals surface area contributed by atoms with Crippen molar-refractivity contribution in [1.29, 1.82) is 0 Å². The van der Waals surface area contributed by atoms with Crippen LogP contribution in [0, 0.1) is 11.3 Å². The van der Waals surface area contributed by atoms with Crippen molar-refractivity contribution >= 4 is 0 Å². The molecule has 106 valence electrons. The van der Waals surface area contributed by atoms with E-state index in [0.717, 1.165) is 31.2 Å². The SMILES string of the molecule is CCc1cccc(C2(O)CCCCC2C(C)(C)C)c1. The Balaban J connectivity index is 2.41. The number of aryl methyl sites for hydroxylation is 1. The average molecular weight is 260 g/mol. The summed E-state index contributed by atoms with van der Waals surface area (Å²) in [5.41, 5.74) is 1.97. The van der Waals surface area contributed by atoms with Gasteiger partial charge in [0.1, 0.15) is 0 Å². The molecule has 0 radical (unpaired) electrons. The Hall–Kier alpha value is -0.820. The normalized spacial score (nSPS) is 28.4. The molecule has 0 saturated heterocycles. The Labute approximate surface area is 118 Å². The number of hydrogen-bond acceptors (Lipinski definition) is 1. The summed E-state index contributed by atoms with van der Waals surface area (Å²) >= 11 is 0. The Kier molecular flexibility index (Phi) is 4.06. The molecule has 1 aliphatic carbocycles. The zero-order chi connectivity index (χ0) is 14.1. The van der Waals surface area contributed by atoms with E-state index in [0.29, 0.717) is 5.92 Å². The fourth-order valence-electron chi connectivity index (χ4n) is 3.71. The highest BCUT2D eigenvalue weighted by Gasteiger charge is 2.45. The lowest BCUT2D eigenvalue weighted by molar-refractivity contribution is -0.0959. The van der Waals surface area contributed by atoms with Crippen LogP contribution in [0.4, 0.5) is 0 Å². The molecule has 19 heavy (non-hydrogen) atoms. The first-order chi connectivity index (χ1) is 8.88. The highest BCUT2D eigenvalue weighted by Crippen LogP contribution is 2.49. The van der Waals surface area contributed by atoms with Crippen LogP contribution in [-0.4, -0.2) is 5.11 Å². The van der Waals surface area contributed by atoms with Gasteiger partial charge in [0.25, 0.3) is 0 Å². The molecule has 1 N–H and O–H groups in total. The Bertz CT molecular complexity index is 430. The fourth-order valence-corrected chi connectivity index (χ4v) is 3.71. The zero-order valence-electron chi connectivity index (χ0n) is 12.9. The molecule has 1 aromatic rings. The highest BCUT2D eigenvalue weighted by atomic mass is 16.3. The van der Waals surface area contributed by atoms with Gasteiger partial charge in [-0.2, -0.15) is 0 Å². The minimum atomic E-state index is -0.637. The Morgan fingerprint density at radius 2 is 2.00 bits per heavy atom. The van der Waals surface area contributed by atoms with Gasteiger partial charge in [0.05, 0.1) is 5.60 Å². The van der Waals surface area contributed by atoms with Gasteiger partial charge >= 0.3 is 0 Å². The van der Waals surface area contributed by atoms with Crippen LogP contribution in [0.2, 0.25) is 0 Å². The molecule has 0 aliphatic heterocycles. The van der Waals surface area contributed by atoms with Crippen molar-refractivity contribution in [3.05, 3.63) is 35.4 Å². The molecular formula is C18H28O. The van der Waals surface area contributed by atoms with Gasteiger partial charge in [-0.25, -0.2) is 0 Å². The molecule has 0 aromatic heterocycles. The second-order valence-corrected chi connectivity index (χ2v) is 7.14. The largest absolute Gasteiger partial charge is 0.385 e. The summed E-state index contributed by atoms with van der Waals surface area (Å²) in [6.45, 7) is 8.96. The molecule has 2 rings (SSSR count). The predicted molar refractivity (Wildman–Crippen MR) is 81.1 cm³/mol. The predicted octanol–water partition coefficient (Wildman–Crippen LogP) is 4.67. The zero-order valence-corrected chi connectivity index (χ0v) is 12.9. The number of benzene rings is 1. The first-order valence-electron chi connectivity index (χ1n) is 7.69. The van der Waals surface area contributed by atoms with E-state index in [4.69, 9.17) is 0 Å². The van der Waals surface area contributed by atoms with E-state index in [1.54, 1.807) is 0 Å². The van der Waals surface area contributed by atoms with Gasteiger partial charge in [-0.05, 0) is 41.7 Å². The summed E-state index contributed by atoms with van der Waals surface area (Å²) in [4.78, 5) is 0. The minimum absolute atomic E-state index is 0.150. The van der Waals surface area contributed by atoms with E-state index >= 15 is 0 Å². The third-order valence-corrected chi connectivity index (χ3v) is 4.76. The van der Waals surface area contributed by atoms with Crippen molar-refractivity contribution in [3.63, 3.8) is 0 Å². The van der Waals surface area contributed by atoms with Crippen LogP contribution < -0.4 is 0 Å². The van der Waals surface area contributed by atoms with Gasteiger partial charge in [-0.1, -0.05) is 64.8 Å². The molecule has 1 nitrogen and oxygen atoms in total. The molecule has 0 heterocycles. The van der Waals surface area contributed by atoms with E-state index in [9.17, 15) is 5.11 Å². The molecule has 1 heteroatoms. The van der Waals surface area contributed by atoms with E-state index in [1.165, 1.54) is 12.0 Å². The molecular weight excluding hydrogens is 232 g/mol. The minimum Gasteiger partial charge on any atom is -0.385 e. The van der Waals surface area contributed by atoms with Crippen LogP contribution in [-0.2, 0) is 12.0 Å². The summed E-state index contributed by atoms with van der Waals surface area (Å²) in [5, 5.41) is 11.4. The van der Waals surface area contributed by atoms with Crippen molar-refractivity contribution in [2.24, 2.45) is 11.3 Å². The molecule has 0 bridgehead atoms. The molecule has 1 aromatic carbocycles. The third kappa shape index (κ3) is 2.86. The maximum atomic E-state index is 11.4. The van der Waals surface area contributed by atoms with Crippen LogP contribution in [0.15, 0.2) is 24.3 Å². The molecule has 0 spiro atoms. The first-order valence-corrected chi connectivity index (χ1v) is 7.69. The lowest BCUT2D eigenvalue weighted by atomic mass is 9.61. The van der Waals surface area contributed by atoms with Crippen molar-refractivity contribution in [1.82, 2.24) is 0 Å². The molecule has 1 fully saturated rings. The van der Waals surface area contributed by atoms with Crippen molar-refractivity contribution < 1.29 is 5.11 Å². The van der Waals surface area contributed by atoms with E-state index < -0.39 is 5.60 Å². The highest BCUT2D eigenvalue weighted by molar-refractivity contribution is 5.30. The van der Waals surface area contributed by atoms with Crippen molar-refractivity contribution in [3.8, 4) is 0 Å². The topological polar surface area (TPSA) is 20.2 Å². The second-order valence-electron chi connectivity index (χ2n) is 7.14. The third-order valence-electron chi connectivity index (χ3n) is 4.76. The first kappa shape index (κ1) is 14.6. The van der Waals surface area contributed by atoms with Gasteiger partial charge in [0.15, 0.2) is 0 Å². The summed E-state index contributed by atoms with van der Waals surface area (Å²) in [6, 6.07) is 8.58. The van der Waals surface area contributed by atoms with Gasteiger partial charge in [-0.3, -0.25) is 0 Å². The van der Waals surface area contributed by atoms with Crippen LogP contribution in [0.3, 0.4) is 0 Å². The van der Waals surface area contributed by atoms with E-state index in [2.05, 4.69) is 52.0 Å². The molecule has 2 atom stereocenters. The quantitative estimate of drug-likeness (QED) is 0.819. The van der Waals surface area contributed by atoms with Crippen LogP contribution in [0.5, 0.6) is 0 Å². The van der Waals surface area contributed by atoms with Crippen molar-refractivity contribution in [2.45, 2.75) is 65.4 Å². The average Bonchev–Trinajstić information content (AvgIpc) is 2.38. The van der Waals surface area contributed by atoms with E-state index in [1.807, 2.05) is 0 Å². The molecule has 0 amide bonds. The monoisotopic (exact) mass is 260 g/mol.